The molecule has 1 aromatic carbocycles. The van der Waals surface area contributed by atoms with Crippen molar-refractivity contribution >= 4 is 18.4 Å². The quantitative estimate of drug-likeness (QED) is 0.843. The maximum atomic E-state index is 12.1. The summed E-state index contributed by atoms with van der Waals surface area (Å²) in [4.78, 5) is 14.5. The van der Waals surface area contributed by atoms with E-state index in [-0.39, 0.29) is 35.3 Å². The summed E-state index contributed by atoms with van der Waals surface area (Å²) in [5, 5.41) is 9.66. The average molecular weight is 316 g/mol. The van der Waals surface area contributed by atoms with E-state index in [9.17, 15) is 9.90 Å². The zero-order valence-electron chi connectivity index (χ0n) is 12.0. The van der Waals surface area contributed by atoms with Crippen molar-refractivity contribution in [1.29, 1.82) is 0 Å². The summed E-state index contributed by atoms with van der Waals surface area (Å²) in [5.74, 6) is -0.421. The van der Waals surface area contributed by atoms with E-state index in [0.717, 1.165) is 12.8 Å². The Morgan fingerprint density at radius 1 is 1.24 bits per heavy atom. The molecule has 0 aliphatic carbocycles. The molecule has 0 saturated carbocycles. The summed E-state index contributed by atoms with van der Waals surface area (Å²) >= 11 is 0. The molecule has 2 atom stereocenters. The Labute approximate surface area is 130 Å². The molecule has 1 aromatic rings. The van der Waals surface area contributed by atoms with Gasteiger partial charge in [0.05, 0.1) is 0 Å². The lowest BCUT2D eigenvalue weighted by Gasteiger charge is -2.35. The number of aromatic hydroxyl groups is 1. The number of halogens is 1. The molecule has 3 N–H and O–H groups in total. The van der Waals surface area contributed by atoms with Gasteiger partial charge in [0.25, 0.3) is 0 Å². The zero-order valence-corrected chi connectivity index (χ0v) is 12.8. The van der Waals surface area contributed by atoms with E-state index in [0.29, 0.717) is 12.1 Å². The summed E-state index contributed by atoms with van der Waals surface area (Å²) < 4.78 is 5.56. The second-order valence-corrected chi connectivity index (χ2v) is 5.57. The third-order valence-electron chi connectivity index (χ3n) is 4.45. The summed E-state index contributed by atoms with van der Waals surface area (Å²) in [6, 6.07) is 7.62. The van der Waals surface area contributed by atoms with Crippen LogP contribution in [-0.4, -0.2) is 46.7 Å². The van der Waals surface area contributed by atoms with Gasteiger partial charge in [-0.25, -0.2) is 4.79 Å². The van der Waals surface area contributed by atoms with Crippen molar-refractivity contribution in [2.75, 3.05) is 7.05 Å². The van der Waals surface area contributed by atoms with Gasteiger partial charge in [-0.2, -0.15) is 0 Å². The SMILES string of the molecule is CN1C2CCC1CC(OC(=O)c1ccccc1O)C2.Cl.O. The summed E-state index contributed by atoms with van der Waals surface area (Å²) in [6.07, 6.45) is 4.21. The van der Waals surface area contributed by atoms with Crippen LogP contribution in [0.3, 0.4) is 0 Å². The number of phenols is 1. The molecular formula is C15H22ClNO4. The predicted molar refractivity (Wildman–Crippen MR) is 82.0 cm³/mol. The number of fused-ring (bicyclic) bond motifs is 2. The molecule has 3 rings (SSSR count). The molecule has 0 spiro atoms. The average Bonchev–Trinajstić information content (AvgIpc) is 2.63. The fraction of sp³-hybridized carbons (Fsp3) is 0.533. The topological polar surface area (TPSA) is 81.3 Å². The minimum atomic E-state index is -0.410. The fourth-order valence-corrected chi connectivity index (χ4v) is 3.32. The molecule has 2 fully saturated rings. The Kier molecular flexibility index (Phi) is 6.01. The van der Waals surface area contributed by atoms with Crippen molar-refractivity contribution in [3.05, 3.63) is 29.8 Å². The Morgan fingerprint density at radius 2 is 1.81 bits per heavy atom. The highest BCUT2D eigenvalue weighted by molar-refractivity contribution is 5.92. The highest BCUT2D eigenvalue weighted by Crippen LogP contribution is 2.35. The molecule has 0 radical (unpaired) electrons. The molecule has 2 aliphatic rings. The number of piperidine rings is 1. The van der Waals surface area contributed by atoms with Gasteiger partial charge in [-0.1, -0.05) is 12.1 Å². The third kappa shape index (κ3) is 3.48. The maximum Gasteiger partial charge on any atom is 0.342 e. The first-order chi connectivity index (χ1) is 9.15. The first-order valence-corrected chi connectivity index (χ1v) is 6.86. The molecule has 21 heavy (non-hydrogen) atoms. The highest BCUT2D eigenvalue weighted by atomic mass is 35.5. The molecular weight excluding hydrogens is 294 g/mol. The Hall–Kier alpha value is -1.30. The van der Waals surface area contributed by atoms with E-state index >= 15 is 0 Å². The van der Waals surface area contributed by atoms with Crippen molar-refractivity contribution < 1.29 is 20.1 Å². The van der Waals surface area contributed by atoms with Crippen LogP contribution in [0.4, 0.5) is 0 Å². The largest absolute Gasteiger partial charge is 0.507 e. The maximum absolute atomic E-state index is 12.1. The smallest absolute Gasteiger partial charge is 0.342 e. The third-order valence-corrected chi connectivity index (χ3v) is 4.45. The Bertz CT molecular complexity index is 482. The molecule has 2 unspecified atom stereocenters. The van der Waals surface area contributed by atoms with Gasteiger partial charge in [-0.3, -0.25) is 0 Å². The van der Waals surface area contributed by atoms with Crippen LogP contribution in [0.2, 0.25) is 0 Å². The van der Waals surface area contributed by atoms with E-state index in [1.54, 1.807) is 18.2 Å². The van der Waals surface area contributed by atoms with Crippen molar-refractivity contribution in [2.45, 2.75) is 43.9 Å². The number of hydrogen-bond acceptors (Lipinski definition) is 4. The van der Waals surface area contributed by atoms with Crippen LogP contribution in [0, 0.1) is 0 Å². The van der Waals surface area contributed by atoms with E-state index in [1.165, 1.54) is 18.9 Å². The molecule has 5 nitrogen and oxygen atoms in total. The van der Waals surface area contributed by atoms with Crippen molar-refractivity contribution in [3.8, 4) is 5.75 Å². The van der Waals surface area contributed by atoms with Crippen molar-refractivity contribution in [2.24, 2.45) is 0 Å². The fourth-order valence-electron chi connectivity index (χ4n) is 3.32. The van der Waals surface area contributed by atoms with E-state index in [4.69, 9.17) is 4.74 Å². The first kappa shape index (κ1) is 17.8. The number of phenolic OH excluding ortho intramolecular Hbond substituents is 1. The van der Waals surface area contributed by atoms with Crippen LogP contribution in [0.1, 0.15) is 36.0 Å². The molecule has 2 heterocycles. The van der Waals surface area contributed by atoms with Crippen LogP contribution < -0.4 is 0 Å². The highest BCUT2D eigenvalue weighted by Gasteiger charge is 2.40. The molecule has 0 amide bonds. The molecule has 2 aliphatic heterocycles. The summed E-state index contributed by atoms with van der Waals surface area (Å²) in [6.45, 7) is 0. The normalized spacial score (nSPS) is 27.4. The Balaban J connectivity index is 0.00000110. The van der Waals surface area contributed by atoms with E-state index < -0.39 is 5.97 Å². The van der Waals surface area contributed by atoms with E-state index in [2.05, 4.69) is 11.9 Å². The minimum Gasteiger partial charge on any atom is -0.507 e. The molecule has 6 heteroatoms. The number of carbonyl (C=O) groups is 1. The number of ether oxygens (including phenoxy) is 1. The Morgan fingerprint density at radius 3 is 2.38 bits per heavy atom. The van der Waals surface area contributed by atoms with Crippen molar-refractivity contribution in [1.82, 2.24) is 4.90 Å². The number of rotatable bonds is 2. The van der Waals surface area contributed by atoms with Crippen LogP contribution >= 0.6 is 12.4 Å². The number of benzene rings is 1. The number of carbonyl (C=O) groups excluding carboxylic acids is 1. The van der Waals surface area contributed by atoms with Crippen molar-refractivity contribution in [3.63, 3.8) is 0 Å². The van der Waals surface area contributed by atoms with Gasteiger partial charge in [-0.05, 0) is 32.0 Å². The number of hydrogen-bond donors (Lipinski definition) is 1. The van der Waals surface area contributed by atoms with Gasteiger partial charge in [0.1, 0.15) is 17.4 Å². The molecule has 2 bridgehead atoms. The monoisotopic (exact) mass is 315 g/mol. The molecule has 0 aromatic heterocycles. The van der Waals surface area contributed by atoms with Crippen LogP contribution in [-0.2, 0) is 4.74 Å². The van der Waals surface area contributed by atoms with Gasteiger partial charge in [0.15, 0.2) is 0 Å². The van der Waals surface area contributed by atoms with Crippen LogP contribution in [0.25, 0.3) is 0 Å². The number of para-hydroxylation sites is 1. The lowest BCUT2D eigenvalue weighted by molar-refractivity contribution is -0.000665. The molecule has 2 saturated heterocycles. The van der Waals surface area contributed by atoms with Gasteiger partial charge in [0, 0.05) is 24.9 Å². The lowest BCUT2D eigenvalue weighted by Crippen LogP contribution is -2.43. The van der Waals surface area contributed by atoms with Gasteiger partial charge in [-0.15, -0.1) is 12.4 Å². The lowest BCUT2D eigenvalue weighted by atomic mass is 10.0. The van der Waals surface area contributed by atoms with Crippen LogP contribution in [0.15, 0.2) is 24.3 Å². The summed E-state index contributed by atoms with van der Waals surface area (Å²) in [7, 11) is 2.16. The van der Waals surface area contributed by atoms with Crippen LogP contribution in [0.5, 0.6) is 5.75 Å². The second-order valence-electron chi connectivity index (χ2n) is 5.57. The van der Waals surface area contributed by atoms with E-state index in [1.807, 2.05) is 0 Å². The first-order valence-electron chi connectivity index (χ1n) is 6.86. The predicted octanol–water partition coefficient (Wildman–Crippen LogP) is 1.77. The summed E-state index contributed by atoms with van der Waals surface area (Å²) in [5.41, 5.74) is 0.258. The second kappa shape index (κ2) is 7.11. The van der Waals surface area contributed by atoms with Gasteiger partial charge < -0.3 is 20.2 Å². The minimum absolute atomic E-state index is 0. The van der Waals surface area contributed by atoms with Gasteiger partial charge in [0.2, 0.25) is 0 Å². The standard InChI is InChI=1S/C15H19NO3.ClH.H2O/c1-16-10-6-7-11(16)9-12(8-10)19-15(18)13-4-2-3-5-14(13)17;;/h2-5,10-12,17H,6-9H2,1H3;1H;1H2. The zero-order chi connectivity index (χ0) is 13.4. The van der Waals surface area contributed by atoms with Gasteiger partial charge >= 0.3 is 5.97 Å². The number of nitrogens with zero attached hydrogens (tertiary/aromatic N) is 1. The molecule has 118 valence electrons. The number of esters is 1.